The van der Waals surface area contributed by atoms with Gasteiger partial charge in [-0.1, -0.05) is 6.07 Å². The number of fused-ring (bicyclic) bond motifs is 1. The summed E-state index contributed by atoms with van der Waals surface area (Å²) >= 11 is 0. The summed E-state index contributed by atoms with van der Waals surface area (Å²) in [6.07, 6.45) is 3.06. The van der Waals surface area contributed by atoms with Crippen LogP contribution in [0.4, 0.5) is 0 Å². The number of benzene rings is 1. The number of nitrogens with zero attached hydrogens (tertiary/aromatic N) is 1. The first kappa shape index (κ1) is 14.6. The van der Waals surface area contributed by atoms with Crippen molar-refractivity contribution in [3.63, 3.8) is 0 Å². The Labute approximate surface area is 133 Å². The van der Waals surface area contributed by atoms with Crippen molar-refractivity contribution < 1.29 is 18.3 Å². The zero-order valence-corrected chi connectivity index (χ0v) is 13.0. The quantitative estimate of drug-likeness (QED) is 0.867. The highest BCUT2D eigenvalue weighted by molar-refractivity contribution is 7.89. The van der Waals surface area contributed by atoms with Crippen molar-refractivity contribution in [1.82, 2.24) is 9.71 Å². The summed E-state index contributed by atoms with van der Waals surface area (Å²) < 4.78 is 27.7. The fourth-order valence-electron chi connectivity index (χ4n) is 3.28. The van der Waals surface area contributed by atoms with E-state index in [1.165, 1.54) is 0 Å². The van der Waals surface area contributed by atoms with Gasteiger partial charge in [0.15, 0.2) is 0 Å². The Balaban J connectivity index is 1.49. The highest BCUT2D eigenvalue weighted by Crippen LogP contribution is 2.54. The number of nitrogens with one attached hydrogen (secondary N) is 1. The molecule has 0 unspecified atom stereocenters. The summed E-state index contributed by atoms with van der Waals surface area (Å²) in [6.45, 7) is 0. The maximum absolute atomic E-state index is 12.5. The van der Waals surface area contributed by atoms with Gasteiger partial charge in [0.05, 0.1) is 16.3 Å². The molecule has 2 N–H and O–H groups in total. The van der Waals surface area contributed by atoms with E-state index in [0.29, 0.717) is 6.42 Å². The van der Waals surface area contributed by atoms with Crippen LogP contribution in [0.15, 0.2) is 41.4 Å². The van der Waals surface area contributed by atoms with E-state index in [2.05, 4.69) is 9.71 Å². The molecule has 23 heavy (non-hydrogen) atoms. The van der Waals surface area contributed by atoms with Gasteiger partial charge in [-0.15, -0.1) is 0 Å². The van der Waals surface area contributed by atoms with Gasteiger partial charge in [-0.05, 0) is 48.9 Å². The fraction of sp³-hybridized carbons (Fsp3) is 0.375. The van der Waals surface area contributed by atoms with E-state index in [9.17, 15) is 13.2 Å². The van der Waals surface area contributed by atoms with Crippen LogP contribution < -0.4 is 4.72 Å². The molecule has 120 valence electrons. The van der Waals surface area contributed by atoms with Gasteiger partial charge in [0, 0.05) is 17.6 Å². The number of rotatable bonds is 5. The lowest BCUT2D eigenvalue weighted by atomic mass is 10.2. The number of carboxylic acid groups (broad SMARTS) is 1. The van der Waals surface area contributed by atoms with Gasteiger partial charge in [-0.3, -0.25) is 9.78 Å². The van der Waals surface area contributed by atoms with Crippen LogP contribution in [0.1, 0.15) is 12.8 Å². The number of carboxylic acids is 1. The van der Waals surface area contributed by atoms with Crippen molar-refractivity contribution in [2.45, 2.75) is 23.8 Å². The lowest BCUT2D eigenvalue weighted by Gasteiger charge is -2.07. The molecule has 4 atom stereocenters. The van der Waals surface area contributed by atoms with Crippen LogP contribution in [0.25, 0.3) is 10.9 Å². The smallest absolute Gasteiger partial charge is 0.306 e. The third-order valence-electron chi connectivity index (χ3n) is 4.74. The monoisotopic (exact) mass is 332 g/mol. The van der Waals surface area contributed by atoms with Crippen LogP contribution in [-0.4, -0.2) is 30.5 Å². The first-order valence-corrected chi connectivity index (χ1v) is 9.04. The van der Waals surface area contributed by atoms with Crippen molar-refractivity contribution in [2.75, 3.05) is 0 Å². The van der Waals surface area contributed by atoms with Gasteiger partial charge in [0.25, 0.3) is 0 Å². The van der Waals surface area contributed by atoms with E-state index in [4.69, 9.17) is 5.11 Å². The molecule has 1 aromatic heterocycles. The summed E-state index contributed by atoms with van der Waals surface area (Å²) in [6, 6.07) is 8.30. The van der Waals surface area contributed by atoms with Gasteiger partial charge >= 0.3 is 5.97 Å². The summed E-state index contributed by atoms with van der Waals surface area (Å²) in [5, 5.41) is 9.73. The molecule has 0 spiro atoms. The van der Waals surface area contributed by atoms with Crippen LogP contribution in [0.2, 0.25) is 0 Å². The summed E-state index contributed by atoms with van der Waals surface area (Å²) in [4.78, 5) is 15.3. The Morgan fingerprint density at radius 3 is 2.78 bits per heavy atom. The molecular weight excluding hydrogens is 316 g/mol. The van der Waals surface area contributed by atoms with Crippen LogP contribution >= 0.6 is 0 Å². The predicted octanol–water partition coefficient (Wildman–Crippen LogP) is 1.62. The van der Waals surface area contributed by atoms with E-state index < -0.39 is 16.0 Å². The molecule has 0 bridgehead atoms. The minimum Gasteiger partial charge on any atom is -0.481 e. The molecular formula is C16H16N2O4S. The number of aliphatic carboxylic acids is 1. The van der Waals surface area contributed by atoms with Gasteiger partial charge < -0.3 is 5.11 Å². The Morgan fingerprint density at radius 2 is 2.04 bits per heavy atom. The van der Waals surface area contributed by atoms with Crippen molar-refractivity contribution in [3.8, 4) is 0 Å². The first-order valence-electron chi connectivity index (χ1n) is 7.55. The van der Waals surface area contributed by atoms with Crippen LogP contribution in [0.3, 0.4) is 0 Å². The number of carbonyl (C=O) groups is 1. The first-order chi connectivity index (χ1) is 11.0. The molecule has 0 saturated heterocycles. The number of aromatic nitrogens is 1. The molecule has 1 heterocycles. The van der Waals surface area contributed by atoms with Crippen molar-refractivity contribution in [1.29, 1.82) is 0 Å². The summed E-state index contributed by atoms with van der Waals surface area (Å²) in [5.74, 6) is -0.777. The molecule has 2 saturated carbocycles. The molecule has 1 aromatic carbocycles. The maximum atomic E-state index is 12.5. The lowest BCUT2D eigenvalue weighted by molar-refractivity contribution is -0.138. The molecule has 6 nitrogen and oxygen atoms in total. The number of hydrogen-bond donors (Lipinski definition) is 2. The summed E-state index contributed by atoms with van der Waals surface area (Å²) in [7, 11) is -3.59. The largest absolute Gasteiger partial charge is 0.481 e. The molecule has 2 fully saturated rings. The van der Waals surface area contributed by atoms with Gasteiger partial charge in [0.2, 0.25) is 10.0 Å². The molecule has 2 aliphatic carbocycles. The zero-order chi connectivity index (χ0) is 16.2. The number of pyridine rings is 1. The topological polar surface area (TPSA) is 96.4 Å². The SMILES string of the molecule is O=C(O)[C@@H]1C[C@@H]1[C@@H]1C[C@@H]1NS(=O)(=O)c1ccc2ncccc2c1. The summed E-state index contributed by atoms with van der Waals surface area (Å²) in [5.41, 5.74) is 0.748. The molecule has 0 aliphatic heterocycles. The van der Waals surface area contributed by atoms with Gasteiger partial charge in [-0.25, -0.2) is 13.1 Å². The third kappa shape index (κ3) is 2.70. The average molecular weight is 332 g/mol. The van der Waals surface area contributed by atoms with Crippen molar-refractivity contribution in [3.05, 3.63) is 36.5 Å². The molecule has 0 amide bonds. The minimum absolute atomic E-state index is 0.126. The second-order valence-corrected chi connectivity index (χ2v) is 8.04. The number of hydrogen-bond acceptors (Lipinski definition) is 4. The molecule has 7 heteroatoms. The van der Waals surface area contributed by atoms with E-state index in [-0.39, 0.29) is 28.7 Å². The van der Waals surface area contributed by atoms with E-state index in [1.54, 1.807) is 30.5 Å². The molecule has 4 rings (SSSR count). The Kier molecular flexibility index (Phi) is 3.18. The van der Waals surface area contributed by atoms with Crippen LogP contribution in [0.5, 0.6) is 0 Å². The zero-order valence-electron chi connectivity index (χ0n) is 12.2. The lowest BCUT2D eigenvalue weighted by Crippen LogP contribution is -2.27. The highest BCUT2D eigenvalue weighted by Gasteiger charge is 2.57. The predicted molar refractivity (Wildman–Crippen MR) is 83.2 cm³/mol. The average Bonchev–Trinajstić information content (AvgIpc) is 3.40. The van der Waals surface area contributed by atoms with E-state index in [0.717, 1.165) is 17.3 Å². The van der Waals surface area contributed by atoms with Crippen molar-refractivity contribution in [2.24, 2.45) is 17.8 Å². The van der Waals surface area contributed by atoms with E-state index in [1.807, 2.05) is 6.07 Å². The fourth-order valence-corrected chi connectivity index (χ4v) is 4.62. The van der Waals surface area contributed by atoms with Crippen LogP contribution in [0, 0.1) is 17.8 Å². The van der Waals surface area contributed by atoms with Gasteiger partial charge in [-0.2, -0.15) is 0 Å². The van der Waals surface area contributed by atoms with Gasteiger partial charge in [0.1, 0.15) is 0 Å². The molecule has 2 aromatic rings. The normalized spacial score (nSPS) is 29.4. The maximum Gasteiger partial charge on any atom is 0.306 e. The number of sulfonamides is 1. The molecule has 0 radical (unpaired) electrons. The standard InChI is InChI=1S/C16H16N2O4S/c19-16(20)13-7-11(13)12-8-15(12)18-23(21,22)10-3-4-14-9(6-10)2-1-5-17-14/h1-6,11-13,15,18H,7-8H2,(H,19,20)/t11-,12+,13-,15+/m1/s1. The van der Waals surface area contributed by atoms with E-state index >= 15 is 0 Å². The Bertz CT molecular complexity index is 896. The van der Waals surface area contributed by atoms with Crippen LogP contribution in [-0.2, 0) is 14.8 Å². The Morgan fingerprint density at radius 1 is 1.22 bits per heavy atom. The van der Waals surface area contributed by atoms with Crippen molar-refractivity contribution >= 4 is 26.9 Å². The highest BCUT2D eigenvalue weighted by atomic mass is 32.2. The minimum atomic E-state index is -3.59. The second-order valence-electron chi connectivity index (χ2n) is 6.33. The Hall–Kier alpha value is -1.99. The third-order valence-corrected chi connectivity index (χ3v) is 6.23. The second kappa shape index (κ2) is 5.01. The molecule has 2 aliphatic rings.